The molecule has 2 aromatic heterocycles. The van der Waals surface area contributed by atoms with Gasteiger partial charge in [0.1, 0.15) is 0 Å². The molecule has 4 aromatic rings. The summed E-state index contributed by atoms with van der Waals surface area (Å²) in [6.07, 6.45) is 4.84. The zero-order valence-electron chi connectivity index (χ0n) is 15.3. The SMILES string of the molecule is Cc1ccc(-c2nc3ncccn3c2-c2ccc(S(C)(=O)=O)cc2)cc1C. The number of rotatable bonds is 3. The number of nitrogens with zero attached hydrogens (tertiary/aromatic N) is 3. The number of hydrogen-bond donors (Lipinski definition) is 0. The van der Waals surface area contributed by atoms with E-state index >= 15 is 0 Å². The fourth-order valence-electron chi connectivity index (χ4n) is 3.11. The summed E-state index contributed by atoms with van der Waals surface area (Å²) in [5.41, 5.74) is 6.02. The predicted molar refractivity (Wildman–Crippen MR) is 106 cm³/mol. The summed E-state index contributed by atoms with van der Waals surface area (Å²) in [7, 11) is -3.24. The van der Waals surface area contributed by atoms with E-state index in [0.29, 0.717) is 10.7 Å². The van der Waals surface area contributed by atoms with E-state index < -0.39 is 9.84 Å². The van der Waals surface area contributed by atoms with Crippen molar-refractivity contribution in [3.63, 3.8) is 0 Å². The Morgan fingerprint density at radius 1 is 0.926 bits per heavy atom. The van der Waals surface area contributed by atoms with Gasteiger partial charge in [-0.1, -0.05) is 24.3 Å². The minimum absolute atomic E-state index is 0.297. The number of fused-ring (bicyclic) bond motifs is 1. The first-order valence-electron chi connectivity index (χ1n) is 8.56. The number of sulfone groups is 1. The van der Waals surface area contributed by atoms with Gasteiger partial charge in [-0.05, 0) is 49.2 Å². The Morgan fingerprint density at radius 2 is 1.63 bits per heavy atom. The van der Waals surface area contributed by atoms with E-state index in [9.17, 15) is 8.42 Å². The van der Waals surface area contributed by atoms with Gasteiger partial charge in [-0.15, -0.1) is 0 Å². The van der Waals surface area contributed by atoms with Crippen molar-refractivity contribution in [3.05, 3.63) is 72.1 Å². The van der Waals surface area contributed by atoms with Crippen molar-refractivity contribution < 1.29 is 8.42 Å². The van der Waals surface area contributed by atoms with Gasteiger partial charge in [0.05, 0.1) is 16.3 Å². The Balaban J connectivity index is 1.97. The van der Waals surface area contributed by atoms with Gasteiger partial charge in [-0.2, -0.15) is 0 Å². The highest BCUT2D eigenvalue weighted by Crippen LogP contribution is 2.33. The lowest BCUT2D eigenvalue weighted by molar-refractivity contribution is 0.602. The summed E-state index contributed by atoms with van der Waals surface area (Å²) in [6.45, 7) is 4.16. The van der Waals surface area contributed by atoms with Crippen LogP contribution in [0.3, 0.4) is 0 Å². The molecular formula is C21H19N3O2S. The van der Waals surface area contributed by atoms with Crippen molar-refractivity contribution in [2.24, 2.45) is 0 Å². The largest absolute Gasteiger partial charge is 0.283 e. The highest BCUT2D eigenvalue weighted by molar-refractivity contribution is 7.90. The van der Waals surface area contributed by atoms with Crippen LogP contribution >= 0.6 is 0 Å². The van der Waals surface area contributed by atoms with Crippen molar-refractivity contribution in [2.45, 2.75) is 18.7 Å². The van der Waals surface area contributed by atoms with Crippen LogP contribution in [-0.2, 0) is 9.84 Å². The number of aromatic nitrogens is 3. The molecule has 0 aliphatic rings. The van der Waals surface area contributed by atoms with Crippen molar-refractivity contribution in [2.75, 3.05) is 6.26 Å². The van der Waals surface area contributed by atoms with Crippen LogP contribution in [0, 0.1) is 13.8 Å². The fourth-order valence-corrected chi connectivity index (χ4v) is 3.74. The number of benzene rings is 2. The average molecular weight is 377 g/mol. The molecule has 2 aromatic carbocycles. The fraction of sp³-hybridized carbons (Fsp3) is 0.143. The van der Waals surface area contributed by atoms with Crippen LogP contribution in [-0.4, -0.2) is 29.0 Å². The minimum atomic E-state index is -3.24. The van der Waals surface area contributed by atoms with Crippen LogP contribution < -0.4 is 0 Å². The van der Waals surface area contributed by atoms with E-state index in [1.54, 1.807) is 18.3 Å². The maximum Gasteiger partial charge on any atom is 0.234 e. The molecule has 0 radical (unpaired) electrons. The molecule has 0 aliphatic heterocycles. The predicted octanol–water partition coefficient (Wildman–Crippen LogP) is 4.08. The van der Waals surface area contributed by atoms with Crippen LogP contribution in [0.4, 0.5) is 0 Å². The molecule has 6 heteroatoms. The highest BCUT2D eigenvalue weighted by Gasteiger charge is 2.17. The summed E-state index contributed by atoms with van der Waals surface area (Å²) >= 11 is 0. The molecule has 0 fully saturated rings. The second-order valence-electron chi connectivity index (χ2n) is 6.69. The molecule has 0 aliphatic carbocycles. The molecule has 0 bridgehead atoms. The normalized spacial score (nSPS) is 11.8. The van der Waals surface area contributed by atoms with E-state index in [1.165, 1.54) is 17.4 Å². The molecule has 5 nitrogen and oxygen atoms in total. The summed E-state index contributed by atoms with van der Waals surface area (Å²) in [5, 5.41) is 0. The van der Waals surface area contributed by atoms with Crippen molar-refractivity contribution in [3.8, 4) is 22.5 Å². The van der Waals surface area contributed by atoms with E-state index in [0.717, 1.165) is 22.5 Å². The van der Waals surface area contributed by atoms with E-state index in [1.807, 2.05) is 28.8 Å². The Labute approximate surface area is 158 Å². The van der Waals surface area contributed by atoms with E-state index in [2.05, 4.69) is 37.0 Å². The zero-order valence-corrected chi connectivity index (χ0v) is 16.2. The Bertz CT molecular complexity index is 1260. The lowest BCUT2D eigenvalue weighted by Gasteiger charge is -2.08. The van der Waals surface area contributed by atoms with Crippen LogP contribution in [0.15, 0.2) is 65.8 Å². The first-order chi connectivity index (χ1) is 12.8. The maximum absolute atomic E-state index is 11.8. The summed E-state index contributed by atoms with van der Waals surface area (Å²) < 4.78 is 25.5. The molecule has 0 saturated carbocycles. The Kier molecular flexibility index (Phi) is 4.08. The minimum Gasteiger partial charge on any atom is -0.283 e. The molecule has 0 saturated heterocycles. The average Bonchev–Trinajstić information content (AvgIpc) is 3.03. The molecule has 0 amide bonds. The standard InChI is InChI=1S/C21H19N3O2S/c1-14-5-6-17(13-15(14)2)19-20(24-12-4-11-22-21(24)23-19)16-7-9-18(10-8-16)27(3,25)26/h4-13H,1-3H3. The van der Waals surface area contributed by atoms with Gasteiger partial charge >= 0.3 is 0 Å². The number of imidazole rings is 1. The molecule has 0 N–H and O–H groups in total. The number of hydrogen-bond acceptors (Lipinski definition) is 4. The van der Waals surface area contributed by atoms with Gasteiger partial charge in [0.2, 0.25) is 5.78 Å². The molecule has 0 spiro atoms. The van der Waals surface area contributed by atoms with Gasteiger partial charge in [0.25, 0.3) is 0 Å². The van der Waals surface area contributed by atoms with Gasteiger partial charge in [0.15, 0.2) is 9.84 Å². The second kappa shape index (κ2) is 6.32. The molecule has 2 heterocycles. The van der Waals surface area contributed by atoms with Gasteiger partial charge in [-0.25, -0.2) is 18.4 Å². The first kappa shape index (κ1) is 17.4. The molecular weight excluding hydrogens is 358 g/mol. The molecule has 0 atom stereocenters. The third kappa shape index (κ3) is 3.13. The molecule has 4 rings (SSSR count). The van der Waals surface area contributed by atoms with Crippen molar-refractivity contribution in [1.82, 2.24) is 14.4 Å². The van der Waals surface area contributed by atoms with Crippen molar-refractivity contribution >= 4 is 15.6 Å². The summed E-state index contributed by atoms with van der Waals surface area (Å²) in [6, 6.07) is 15.0. The summed E-state index contributed by atoms with van der Waals surface area (Å²) in [4.78, 5) is 9.40. The van der Waals surface area contributed by atoms with Gasteiger partial charge in [0, 0.05) is 29.8 Å². The Morgan fingerprint density at radius 3 is 2.30 bits per heavy atom. The first-order valence-corrected chi connectivity index (χ1v) is 10.4. The zero-order chi connectivity index (χ0) is 19.2. The third-order valence-corrected chi connectivity index (χ3v) is 5.87. The molecule has 27 heavy (non-hydrogen) atoms. The second-order valence-corrected chi connectivity index (χ2v) is 8.71. The van der Waals surface area contributed by atoms with Crippen LogP contribution in [0.5, 0.6) is 0 Å². The van der Waals surface area contributed by atoms with Gasteiger partial charge in [-0.3, -0.25) is 4.40 Å². The van der Waals surface area contributed by atoms with E-state index in [-0.39, 0.29) is 0 Å². The van der Waals surface area contributed by atoms with Crippen molar-refractivity contribution in [1.29, 1.82) is 0 Å². The maximum atomic E-state index is 11.8. The quantitative estimate of drug-likeness (QED) is 0.540. The van der Waals surface area contributed by atoms with Crippen LogP contribution in [0.1, 0.15) is 11.1 Å². The highest BCUT2D eigenvalue weighted by atomic mass is 32.2. The lowest BCUT2D eigenvalue weighted by atomic mass is 10.0. The topological polar surface area (TPSA) is 64.3 Å². The molecule has 136 valence electrons. The summed E-state index contributed by atoms with van der Waals surface area (Å²) in [5.74, 6) is 0.605. The number of aryl methyl sites for hydroxylation is 2. The van der Waals surface area contributed by atoms with Gasteiger partial charge < -0.3 is 0 Å². The van der Waals surface area contributed by atoms with Crippen LogP contribution in [0.2, 0.25) is 0 Å². The lowest BCUT2D eigenvalue weighted by Crippen LogP contribution is -1.97. The van der Waals surface area contributed by atoms with Crippen LogP contribution in [0.25, 0.3) is 28.3 Å². The smallest absolute Gasteiger partial charge is 0.234 e. The molecule has 0 unspecified atom stereocenters. The monoisotopic (exact) mass is 377 g/mol. The van der Waals surface area contributed by atoms with E-state index in [4.69, 9.17) is 4.98 Å². The Hall–Kier alpha value is -2.99. The third-order valence-electron chi connectivity index (χ3n) is 4.74.